The van der Waals surface area contributed by atoms with Gasteiger partial charge in [-0.3, -0.25) is 4.79 Å². The number of carboxylic acids is 1. The van der Waals surface area contributed by atoms with E-state index in [0.717, 1.165) is 4.90 Å². The van der Waals surface area contributed by atoms with Gasteiger partial charge in [0, 0.05) is 20.0 Å². The van der Waals surface area contributed by atoms with Gasteiger partial charge in [0.15, 0.2) is 0 Å². The van der Waals surface area contributed by atoms with Gasteiger partial charge < -0.3 is 20.6 Å². The van der Waals surface area contributed by atoms with Gasteiger partial charge in [-0.15, -0.1) is 0 Å². The number of carboxylic acid groups (broad SMARTS) is 1. The highest BCUT2D eigenvalue weighted by Crippen LogP contribution is 2.13. The Balaban J connectivity index is 2.58. The van der Waals surface area contributed by atoms with Gasteiger partial charge in [0.25, 0.3) is 0 Å². The van der Waals surface area contributed by atoms with Gasteiger partial charge in [0.2, 0.25) is 5.91 Å². The number of urea groups is 1. The number of carbonyl (C=O) groups excluding carboxylic acids is 2. The molecular formula is C10H17N3O4. The van der Waals surface area contributed by atoms with Crippen LogP contribution < -0.4 is 10.6 Å². The van der Waals surface area contributed by atoms with Gasteiger partial charge >= 0.3 is 12.0 Å². The molecule has 1 atom stereocenters. The van der Waals surface area contributed by atoms with Crippen molar-refractivity contribution >= 4 is 17.9 Å². The molecule has 1 fully saturated rings. The molecule has 0 aliphatic carbocycles. The normalized spacial score (nSPS) is 19.7. The predicted octanol–water partition coefficient (Wildman–Crippen LogP) is -0.620. The molecule has 3 amide bonds. The molecule has 0 aromatic rings. The SMILES string of the molecule is CN(C(=O)NC1CNC(=O)C1)C(C)(C)C(=O)O. The molecule has 1 saturated heterocycles. The van der Waals surface area contributed by atoms with Crippen molar-refractivity contribution in [1.29, 1.82) is 0 Å². The number of nitrogens with zero attached hydrogens (tertiary/aromatic N) is 1. The van der Waals surface area contributed by atoms with Gasteiger partial charge in [-0.2, -0.15) is 0 Å². The van der Waals surface area contributed by atoms with Gasteiger partial charge in [-0.05, 0) is 13.8 Å². The van der Waals surface area contributed by atoms with Gasteiger partial charge in [0.05, 0.1) is 6.04 Å². The number of amides is 3. The topological polar surface area (TPSA) is 98.7 Å². The van der Waals surface area contributed by atoms with E-state index in [4.69, 9.17) is 5.11 Å². The van der Waals surface area contributed by atoms with E-state index in [0.29, 0.717) is 6.54 Å². The van der Waals surface area contributed by atoms with Crippen LogP contribution in [-0.4, -0.2) is 53.1 Å². The molecule has 0 aromatic carbocycles. The first-order valence-corrected chi connectivity index (χ1v) is 5.29. The van der Waals surface area contributed by atoms with Crippen molar-refractivity contribution in [3.63, 3.8) is 0 Å². The van der Waals surface area contributed by atoms with E-state index in [1.165, 1.54) is 20.9 Å². The van der Waals surface area contributed by atoms with Crippen LogP contribution in [0.25, 0.3) is 0 Å². The van der Waals surface area contributed by atoms with Crippen LogP contribution in [0.5, 0.6) is 0 Å². The van der Waals surface area contributed by atoms with Crippen LogP contribution in [0, 0.1) is 0 Å². The smallest absolute Gasteiger partial charge is 0.329 e. The average molecular weight is 243 g/mol. The molecule has 1 aliphatic heterocycles. The predicted molar refractivity (Wildman–Crippen MR) is 59.4 cm³/mol. The van der Waals surface area contributed by atoms with E-state index in [2.05, 4.69) is 10.6 Å². The second-order valence-electron chi connectivity index (χ2n) is 4.58. The first-order chi connectivity index (χ1) is 7.75. The van der Waals surface area contributed by atoms with Crippen molar-refractivity contribution in [2.45, 2.75) is 31.8 Å². The third kappa shape index (κ3) is 2.86. The highest BCUT2D eigenvalue weighted by Gasteiger charge is 2.36. The zero-order valence-corrected chi connectivity index (χ0v) is 10.1. The second kappa shape index (κ2) is 4.60. The quantitative estimate of drug-likeness (QED) is 0.615. The summed E-state index contributed by atoms with van der Waals surface area (Å²) < 4.78 is 0. The fraction of sp³-hybridized carbons (Fsp3) is 0.700. The Morgan fingerprint density at radius 3 is 2.53 bits per heavy atom. The van der Waals surface area contributed by atoms with E-state index < -0.39 is 17.5 Å². The molecule has 1 heterocycles. The molecule has 7 heteroatoms. The van der Waals surface area contributed by atoms with E-state index in [1.54, 1.807) is 0 Å². The number of hydrogen-bond acceptors (Lipinski definition) is 3. The van der Waals surface area contributed by atoms with Crippen LogP contribution in [0.15, 0.2) is 0 Å². The molecule has 0 radical (unpaired) electrons. The minimum Gasteiger partial charge on any atom is -0.480 e. The third-order valence-electron chi connectivity index (χ3n) is 2.97. The highest BCUT2D eigenvalue weighted by atomic mass is 16.4. The maximum absolute atomic E-state index is 11.8. The largest absolute Gasteiger partial charge is 0.480 e. The number of likely N-dealkylation sites (N-methyl/N-ethyl adjacent to an activating group) is 1. The lowest BCUT2D eigenvalue weighted by molar-refractivity contribution is -0.146. The number of hydrogen-bond donors (Lipinski definition) is 3. The minimum absolute atomic E-state index is 0.115. The summed E-state index contributed by atoms with van der Waals surface area (Å²) in [4.78, 5) is 34.8. The Hall–Kier alpha value is -1.79. The molecule has 17 heavy (non-hydrogen) atoms. The standard InChI is InChI=1S/C10H17N3O4/c1-10(2,8(15)16)13(3)9(17)12-6-4-7(14)11-5-6/h6H,4-5H2,1-3H3,(H,11,14)(H,12,17)(H,15,16). The lowest BCUT2D eigenvalue weighted by Crippen LogP contribution is -2.55. The Morgan fingerprint density at radius 1 is 1.53 bits per heavy atom. The van der Waals surface area contributed by atoms with E-state index in [9.17, 15) is 14.4 Å². The maximum atomic E-state index is 11.8. The Bertz CT molecular complexity index is 353. The molecule has 7 nitrogen and oxygen atoms in total. The van der Waals surface area contributed by atoms with Crippen LogP contribution >= 0.6 is 0 Å². The van der Waals surface area contributed by atoms with Crippen LogP contribution in [0.4, 0.5) is 4.79 Å². The molecule has 1 rings (SSSR count). The van der Waals surface area contributed by atoms with Gasteiger partial charge in [-0.1, -0.05) is 0 Å². The first-order valence-electron chi connectivity index (χ1n) is 5.29. The summed E-state index contributed by atoms with van der Waals surface area (Å²) in [7, 11) is 1.41. The Labute approximate surface area is 99.2 Å². The average Bonchev–Trinajstić information content (AvgIpc) is 2.62. The summed E-state index contributed by atoms with van der Waals surface area (Å²) in [6.45, 7) is 3.26. The molecule has 3 N–H and O–H groups in total. The van der Waals surface area contributed by atoms with Crippen LogP contribution in [0.2, 0.25) is 0 Å². The molecule has 1 aliphatic rings. The van der Waals surface area contributed by atoms with Crippen LogP contribution in [-0.2, 0) is 9.59 Å². The molecule has 0 saturated carbocycles. The van der Waals surface area contributed by atoms with Crippen molar-refractivity contribution in [3.8, 4) is 0 Å². The van der Waals surface area contributed by atoms with E-state index in [-0.39, 0.29) is 18.4 Å². The lowest BCUT2D eigenvalue weighted by Gasteiger charge is -2.32. The second-order valence-corrected chi connectivity index (χ2v) is 4.58. The summed E-state index contributed by atoms with van der Waals surface area (Å²) in [5.41, 5.74) is -1.29. The van der Waals surface area contributed by atoms with Crippen LogP contribution in [0.1, 0.15) is 20.3 Å². The van der Waals surface area contributed by atoms with Gasteiger partial charge in [0.1, 0.15) is 5.54 Å². The van der Waals surface area contributed by atoms with Crippen molar-refractivity contribution in [2.75, 3.05) is 13.6 Å². The van der Waals surface area contributed by atoms with E-state index in [1.807, 2.05) is 0 Å². The van der Waals surface area contributed by atoms with Crippen molar-refractivity contribution in [2.24, 2.45) is 0 Å². The van der Waals surface area contributed by atoms with Crippen molar-refractivity contribution < 1.29 is 19.5 Å². The summed E-state index contributed by atoms with van der Waals surface area (Å²) in [6, 6.07) is -0.777. The summed E-state index contributed by atoms with van der Waals surface area (Å²) in [5, 5.41) is 14.2. The molecular weight excluding hydrogens is 226 g/mol. The molecule has 0 spiro atoms. The summed E-state index contributed by atoms with van der Waals surface area (Å²) >= 11 is 0. The third-order valence-corrected chi connectivity index (χ3v) is 2.97. The molecule has 0 bridgehead atoms. The highest BCUT2D eigenvalue weighted by molar-refractivity contribution is 5.86. The maximum Gasteiger partial charge on any atom is 0.329 e. The number of carbonyl (C=O) groups is 3. The Morgan fingerprint density at radius 2 is 2.12 bits per heavy atom. The summed E-state index contributed by atoms with van der Waals surface area (Å²) in [5.74, 6) is -1.20. The summed E-state index contributed by atoms with van der Waals surface area (Å²) in [6.07, 6.45) is 0.229. The number of nitrogens with one attached hydrogen (secondary N) is 2. The first kappa shape index (κ1) is 13.3. The van der Waals surface area contributed by atoms with Crippen LogP contribution in [0.3, 0.4) is 0 Å². The van der Waals surface area contributed by atoms with E-state index >= 15 is 0 Å². The fourth-order valence-corrected chi connectivity index (χ4v) is 1.38. The molecule has 1 unspecified atom stereocenters. The molecule has 0 aromatic heterocycles. The fourth-order valence-electron chi connectivity index (χ4n) is 1.38. The molecule has 96 valence electrons. The minimum atomic E-state index is -1.29. The monoisotopic (exact) mass is 243 g/mol. The number of rotatable bonds is 3. The Kier molecular flexibility index (Phi) is 3.59. The zero-order chi connectivity index (χ0) is 13.2. The van der Waals surface area contributed by atoms with Crippen molar-refractivity contribution in [1.82, 2.24) is 15.5 Å². The lowest BCUT2D eigenvalue weighted by atomic mass is 10.0. The van der Waals surface area contributed by atoms with Gasteiger partial charge in [-0.25, -0.2) is 9.59 Å². The number of aliphatic carboxylic acids is 1. The zero-order valence-electron chi connectivity index (χ0n) is 10.1. The van der Waals surface area contributed by atoms with Crippen molar-refractivity contribution in [3.05, 3.63) is 0 Å².